The molecular formula is C8H14ClNO. The summed E-state index contributed by atoms with van der Waals surface area (Å²) in [6.07, 6.45) is 2.15. The molecule has 0 aromatic carbocycles. The molecule has 0 aromatic rings. The molecule has 0 aromatic heterocycles. The number of rotatable bonds is 5. The highest BCUT2D eigenvalue weighted by Gasteiger charge is 2.28. The zero-order valence-corrected chi connectivity index (χ0v) is 7.27. The third-order valence-electron chi connectivity index (χ3n) is 1.84. The van der Waals surface area contributed by atoms with E-state index in [1.54, 1.807) is 0 Å². The number of aliphatic hydroxyl groups is 1. The number of hydrogen-bond donors (Lipinski definition) is 2. The SMILES string of the molecule is C=C(Cl)CNCC(O)C1CC1. The van der Waals surface area contributed by atoms with Crippen molar-refractivity contribution in [3.8, 4) is 0 Å². The monoisotopic (exact) mass is 175 g/mol. The predicted octanol–water partition coefficient (Wildman–Crippen LogP) is 1.10. The van der Waals surface area contributed by atoms with Crippen LogP contribution in [0.1, 0.15) is 12.8 Å². The van der Waals surface area contributed by atoms with Gasteiger partial charge >= 0.3 is 0 Å². The molecule has 0 aliphatic heterocycles. The fourth-order valence-electron chi connectivity index (χ4n) is 1.00. The molecule has 1 fully saturated rings. The van der Waals surface area contributed by atoms with Gasteiger partial charge in [0, 0.05) is 18.1 Å². The van der Waals surface area contributed by atoms with Crippen LogP contribution in [0.2, 0.25) is 0 Å². The fraction of sp³-hybridized carbons (Fsp3) is 0.750. The van der Waals surface area contributed by atoms with Crippen LogP contribution in [-0.2, 0) is 0 Å². The fourth-order valence-corrected chi connectivity index (χ4v) is 1.10. The first-order valence-electron chi connectivity index (χ1n) is 3.92. The van der Waals surface area contributed by atoms with Gasteiger partial charge in [0.2, 0.25) is 0 Å². The second kappa shape index (κ2) is 4.10. The predicted molar refractivity (Wildman–Crippen MR) is 46.6 cm³/mol. The molecule has 64 valence electrons. The summed E-state index contributed by atoms with van der Waals surface area (Å²) in [7, 11) is 0. The largest absolute Gasteiger partial charge is 0.392 e. The number of nitrogens with one attached hydrogen (secondary N) is 1. The number of hydrogen-bond acceptors (Lipinski definition) is 2. The Kier molecular flexibility index (Phi) is 3.37. The van der Waals surface area contributed by atoms with Crippen LogP contribution in [0.25, 0.3) is 0 Å². The molecule has 0 heterocycles. The molecule has 3 heteroatoms. The minimum absolute atomic E-state index is 0.189. The average Bonchev–Trinajstić information content (AvgIpc) is 2.66. The second-order valence-electron chi connectivity index (χ2n) is 3.05. The van der Waals surface area contributed by atoms with Gasteiger partial charge in [0.25, 0.3) is 0 Å². The molecule has 1 aliphatic rings. The van der Waals surface area contributed by atoms with Crippen LogP contribution < -0.4 is 5.32 Å². The molecule has 1 saturated carbocycles. The molecule has 0 spiro atoms. The zero-order chi connectivity index (χ0) is 8.27. The summed E-state index contributed by atoms with van der Waals surface area (Å²) in [4.78, 5) is 0. The first-order chi connectivity index (χ1) is 5.20. The molecule has 0 saturated heterocycles. The Hall–Kier alpha value is -0.0500. The van der Waals surface area contributed by atoms with Crippen molar-refractivity contribution in [2.75, 3.05) is 13.1 Å². The van der Waals surface area contributed by atoms with Gasteiger partial charge < -0.3 is 10.4 Å². The quantitative estimate of drug-likeness (QED) is 0.656. The van der Waals surface area contributed by atoms with Gasteiger partial charge in [0.15, 0.2) is 0 Å². The van der Waals surface area contributed by atoms with E-state index < -0.39 is 0 Å². The van der Waals surface area contributed by atoms with Crippen LogP contribution in [0.3, 0.4) is 0 Å². The van der Waals surface area contributed by atoms with Gasteiger partial charge in [0.1, 0.15) is 0 Å². The molecule has 1 rings (SSSR count). The van der Waals surface area contributed by atoms with Gasteiger partial charge in [-0.1, -0.05) is 18.2 Å². The van der Waals surface area contributed by atoms with E-state index >= 15 is 0 Å². The van der Waals surface area contributed by atoms with Crippen molar-refractivity contribution in [2.24, 2.45) is 5.92 Å². The Morgan fingerprint density at radius 1 is 1.73 bits per heavy atom. The normalized spacial score (nSPS) is 19.8. The highest BCUT2D eigenvalue weighted by Crippen LogP contribution is 2.32. The summed E-state index contributed by atoms with van der Waals surface area (Å²) in [5.74, 6) is 0.533. The Bertz CT molecular complexity index is 145. The summed E-state index contributed by atoms with van der Waals surface area (Å²) >= 11 is 5.52. The van der Waals surface area contributed by atoms with Crippen LogP contribution in [0.4, 0.5) is 0 Å². The Morgan fingerprint density at radius 3 is 2.82 bits per heavy atom. The molecule has 2 nitrogen and oxygen atoms in total. The minimum Gasteiger partial charge on any atom is -0.392 e. The maximum Gasteiger partial charge on any atom is 0.0692 e. The van der Waals surface area contributed by atoms with E-state index in [2.05, 4.69) is 11.9 Å². The third-order valence-corrected chi connectivity index (χ3v) is 1.97. The van der Waals surface area contributed by atoms with Crippen LogP contribution in [0.5, 0.6) is 0 Å². The summed E-state index contributed by atoms with van der Waals surface area (Å²) < 4.78 is 0. The van der Waals surface area contributed by atoms with Gasteiger partial charge in [-0.15, -0.1) is 0 Å². The Labute approximate surface area is 72.2 Å². The Balaban J connectivity index is 1.97. The van der Waals surface area contributed by atoms with Gasteiger partial charge in [-0.3, -0.25) is 0 Å². The van der Waals surface area contributed by atoms with Crippen molar-refractivity contribution in [1.29, 1.82) is 0 Å². The van der Waals surface area contributed by atoms with E-state index in [0.29, 0.717) is 24.0 Å². The first-order valence-corrected chi connectivity index (χ1v) is 4.30. The van der Waals surface area contributed by atoms with Crippen LogP contribution in [0.15, 0.2) is 11.6 Å². The number of aliphatic hydroxyl groups excluding tert-OH is 1. The average molecular weight is 176 g/mol. The standard InChI is InChI=1S/C8H14ClNO/c1-6(9)4-10-5-8(11)7-2-3-7/h7-8,10-11H,1-5H2. The summed E-state index contributed by atoms with van der Waals surface area (Å²) in [6.45, 7) is 4.76. The lowest BCUT2D eigenvalue weighted by atomic mass is 10.2. The lowest BCUT2D eigenvalue weighted by molar-refractivity contribution is 0.150. The van der Waals surface area contributed by atoms with Crippen molar-refractivity contribution in [1.82, 2.24) is 5.32 Å². The van der Waals surface area contributed by atoms with E-state index in [4.69, 9.17) is 11.6 Å². The van der Waals surface area contributed by atoms with Crippen LogP contribution in [-0.4, -0.2) is 24.3 Å². The molecule has 1 aliphatic carbocycles. The second-order valence-corrected chi connectivity index (χ2v) is 3.59. The maximum atomic E-state index is 9.37. The minimum atomic E-state index is -0.189. The van der Waals surface area contributed by atoms with Crippen molar-refractivity contribution in [3.05, 3.63) is 11.6 Å². The summed E-state index contributed by atoms with van der Waals surface area (Å²) in [5.41, 5.74) is 0. The van der Waals surface area contributed by atoms with E-state index in [1.807, 2.05) is 0 Å². The van der Waals surface area contributed by atoms with Gasteiger partial charge in [-0.25, -0.2) is 0 Å². The molecule has 0 amide bonds. The lowest BCUT2D eigenvalue weighted by Crippen LogP contribution is -2.28. The van der Waals surface area contributed by atoms with Crippen molar-refractivity contribution in [3.63, 3.8) is 0 Å². The van der Waals surface area contributed by atoms with E-state index in [1.165, 1.54) is 12.8 Å². The lowest BCUT2D eigenvalue weighted by Gasteiger charge is -2.09. The van der Waals surface area contributed by atoms with Crippen molar-refractivity contribution >= 4 is 11.6 Å². The topological polar surface area (TPSA) is 32.3 Å². The van der Waals surface area contributed by atoms with Gasteiger partial charge in [-0.2, -0.15) is 0 Å². The number of halogens is 1. The highest BCUT2D eigenvalue weighted by atomic mass is 35.5. The van der Waals surface area contributed by atoms with Crippen molar-refractivity contribution in [2.45, 2.75) is 18.9 Å². The van der Waals surface area contributed by atoms with Gasteiger partial charge in [0.05, 0.1) is 6.10 Å². The van der Waals surface area contributed by atoms with Gasteiger partial charge in [-0.05, 0) is 18.8 Å². The zero-order valence-electron chi connectivity index (χ0n) is 6.52. The highest BCUT2D eigenvalue weighted by molar-refractivity contribution is 6.29. The summed E-state index contributed by atoms with van der Waals surface area (Å²) in [5, 5.41) is 13.0. The molecule has 1 unspecified atom stereocenters. The molecule has 11 heavy (non-hydrogen) atoms. The van der Waals surface area contributed by atoms with E-state index in [-0.39, 0.29) is 6.10 Å². The van der Waals surface area contributed by atoms with E-state index in [0.717, 1.165) is 0 Å². The van der Waals surface area contributed by atoms with E-state index in [9.17, 15) is 5.11 Å². The molecule has 1 atom stereocenters. The first kappa shape index (κ1) is 9.04. The Morgan fingerprint density at radius 2 is 2.36 bits per heavy atom. The molecule has 0 radical (unpaired) electrons. The van der Waals surface area contributed by atoms with Crippen molar-refractivity contribution < 1.29 is 5.11 Å². The van der Waals surface area contributed by atoms with Crippen LogP contribution >= 0.6 is 11.6 Å². The summed E-state index contributed by atoms with van der Waals surface area (Å²) in [6, 6.07) is 0. The molecule has 0 bridgehead atoms. The maximum absolute atomic E-state index is 9.37. The van der Waals surface area contributed by atoms with Crippen LogP contribution in [0, 0.1) is 5.92 Å². The molecule has 2 N–H and O–H groups in total. The smallest absolute Gasteiger partial charge is 0.0692 e. The molecular weight excluding hydrogens is 162 g/mol. The third kappa shape index (κ3) is 3.75.